The van der Waals surface area contributed by atoms with Crippen LogP contribution < -0.4 is 5.32 Å². The fourth-order valence-corrected chi connectivity index (χ4v) is 0.792. The second-order valence-corrected chi connectivity index (χ2v) is 3.99. The Morgan fingerprint density at radius 3 is 2.33 bits per heavy atom. The van der Waals surface area contributed by atoms with Crippen molar-refractivity contribution in [2.24, 2.45) is 5.92 Å². The first-order chi connectivity index (χ1) is 5.37. The predicted octanol–water partition coefficient (Wildman–Crippen LogP) is 1.18. The summed E-state index contributed by atoms with van der Waals surface area (Å²) in [6.45, 7) is 8.13. The van der Waals surface area contributed by atoms with E-state index in [1.54, 1.807) is 0 Å². The van der Waals surface area contributed by atoms with E-state index in [1.807, 2.05) is 34.7 Å². The van der Waals surface area contributed by atoms with E-state index in [9.17, 15) is 4.79 Å². The number of nitrogens with one attached hydrogen (secondary N) is 1. The van der Waals surface area contributed by atoms with Gasteiger partial charge in [0.15, 0.2) is 0 Å². The van der Waals surface area contributed by atoms with E-state index < -0.39 is 0 Å². The highest BCUT2D eigenvalue weighted by Crippen LogP contribution is 2.10. The van der Waals surface area contributed by atoms with E-state index in [1.165, 1.54) is 0 Å². The lowest BCUT2D eigenvalue weighted by Gasteiger charge is -2.22. The molecule has 3 nitrogen and oxygen atoms in total. The van der Waals surface area contributed by atoms with Crippen LogP contribution in [0.3, 0.4) is 0 Å². The highest BCUT2D eigenvalue weighted by Gasteiger charge is 2.20. The first kappa shape index (κ1) is 11.4. The molecule has 0 fully saturated rings. The molecular formula is C9H19NO2. The van der Waals surface area contributed by atoms with Crippen molar-refractivity contribution in [3.63, 3.8) is 0 Å². The maximum absolute atomic E-state index is 11.3. The lowest BCUT2D eigenvalue weighted by atomic mass is 10.1. The van der Waals surface area contributed by atoms with Crippen molar-refractivity contribution in [1.29, 1.82) is 0 Å². The molecule has 0 aliphatic heterocycles. The molecule has 0 bridgehead atoms. The summed E-state index contributed by atoms with van der Waals surface area (Å²) in [6, 6.07) is 0. The van der Waals surface area contributed by atoms with E-state index in [0.29, 0.717) is 6.54 Å². The fourth-order valence-electron chi connectivity index (χ4n) is 0.792. The van der Waals surface area contributed by atoms with Crippen LogP contribution in [0.25, 0.3) is 0 Å². The minimum absolute atomic E-state index is 0.0748. The van der Waals surface area contributed by atoms with Crippen molar-refractivity contribution in [2.75, 3.05) is 13.6 Å². The molecule has 3 heteroatoms. The lowest BCUT2D eigenvalue weighted by Crippen LogP contribution is -2.31. The Bertz CT molecular complexity index is 149. The van der Waals surface area contributed by atoms with Crippen LogP contribution >= 0.6 is 0 Å². The third-order valence-electron chi connectivity index (χ3n) is 1.32. The highest BCUT2D eigenvalue weighted by atomic mass is 16.6. The van der Waals surface area contributed by atoms with Crippen LogP contribution in [0.5, 0.6) is 0 Å². The monoisotopic (exact) mass is 173 g/mol. The zero-order valence-corrected chi connectivity index (χ0v) is 8.60. The van der Waals surface area contributed by atoms with Gasteiger partial charge in [0, 0.05) is 6.54 Å². The standard InChI is InChI=1S/C9H19NO2/c1-7(6-10-5)8(11)12-9(2,3)4/h7,10H,6H2,1-5H3/t7-/m1/s1. The number of hydrogen-bond donors (Lipinski definition) is 1. The van der Waals surface area contributed by atoms with Crippen molar-refractivity contribution in [3.05, 3.63) is 0 Å². The van der Waals surface area contributed by atoms with Gasteiger partial charge in [0.25, 0.3) is 0 Å². The number of hydrogen-bond acceptors (Lipinski definition) is 3. The van der Waals surface area contributed by atoms with E-state index >= 15 is 0 Å². The molecule has 72 valence electrons. The topological polar surface area (TPSA) is 38.3 Å². The molecular weight excluding hydrogens is 154 g/mol. The molecule has 0 radical (unpaired) electrons. The first-order valence-electron chi connectivity index (χ1n) is 4.24. The molecule has 0 heterocycles. The van der Waals surface area contributed by atoms with E-state index in [-0.39, 0.29) is 17.5 Å². The Balaban J connectivity index is 3.87. The normalized spacial score (nSPS) is 14.1. The van der Waals surface area contributed by atoms with Gasteiger partial charge >= 0.3 is 5.97 Å². The Hall–Kier alpha value is -0.570. The summed E-state index contributed by atoms with van der Waals surface area (Å²) in [5, 5.41) is 2.93. The maximum Gasteiger partial charge on any atom is 0.310 e. The summed E-state index contributed by atoms with van der Waals surface area (Å²) in [5.74, 6) is -0.217. The van der Waals surface area contributed by atoms with Gasteiger partial charge in [-0.05, 0) is 27.8 Å². The van der Waals surface area contributed by atoms with Crippen molar-refractivity contribution in [2.45, 2.75) is 33.3 Å². The Labute approximate surface area is 74.5 Å². The highest BCUT2D eigenvalue weighted by molar-refractivity contribution is 5.72. The minimum atomic E-state index is -0.376. The van der Waals surface area contributed by atoms with Gasteiger partial charge in [0.1, 0.15) is 5.60 Å². The molecule has 0 aromatic heterocycles. The second-order valence-electron chi connectivity index (χ2n) is 3.99. The van der Waals surface area contributed by atoms with Gasteiger partial charge in [-0.15, -0.1) is 0 Å². The van der Waals surface area contributed by atoms with Gasteiger partial charge in [-0.1, -0.05) is 6.92 Å². The average Bonchev–Trinajstić information content (AvgIpc) is 1.84. The number of ether oxygens (including phenoxy) is 1. The molecule has 0 aromatic carbocycles. The van der Waals surface area contributed by atoms with Crippen LogP contribution in [0.2, 0.25) is 0 Å². The summed E-state index contributed by atoms with van der Waals surface area (Å²) in [7, 11) is 1.82. The largest absolute Gasteiger partial charge is 0.460 e. The van der Waals surface area contributed by atoms with Gasteiger partial charge in [-0.2, -0.15) is 0 Å². The van der Waals surface area contributed by atoms with Gasteiger partial charge in [-0.25, -0.2) is 0 Å². The van der Waals surface area contributed by atoms with E-state index in [0.717, 1.165) is 0 Å². The fraction of sp³-hybridized carbons (Fsp3) is 0.889. The molecule has 0 aliphatic rings. The van der Waals surface area contributed by atoms with Crippen molar-refractivity contribution in [3.8, 4) is 0 Å². The molecule has 0 amide bonds. The quantitative estimate of drug-likeness (QED) is 0.651. The Morgan fingerprint density at radius 2 is 2.00 bits per heavy atom. The summed E-state index contributed by atoms with van der Waals surface area (Å²) in [5.41, 5.74) is -0.376. The van der Waals surface area contributed by atoms with Crippen molar-refractivity contribution in [1.82, 2.24) is 5.32 Å². The van der Waals surface area contributed by atoms with Crippen LogP contribution in [-0.2, 0) is 9.53 Å². The molecule has 1 N–H and O–H groups in total. The summed E-state index contributed by atoms with van der Waals surface area (Å²) >= 11 is 0. The zero-order valence-electron chi connectivity index (χ0n) is 8.60. The molecule has 0 unspecified atom stereocenters. The molecule has 12 heavy (non-hydrogen) atoms. The third-order valence-corrected chi connectivity index (χ3v) is 1.32. The third kappa shape index (κ3) is 5.13. The van der Waals surface area contributed by atoms with Gasteiger partial charge in [-0.3, -0.25) is 4.79 Å². The number of carbonyl (C=O) groups excluding carboxylic acids is 1. The van der Waals surface area contributed by atoms with Gasteiger partial charge < -0.3 is 10.1 Å². The van der Waals surface area contributed by atoms with Crippen molar-refractivity contribution >= 4 is 5.97 Å². The van der Waals surface area contributed by atoms with Gasteiger partial charge in [0.2, 0.25) is 0 Å². The van der Waals surface area contributed by atoms with Crippen molar-refractivity contribution < 1.29 is 9.53 Å². The molecule has 1 atom stereocenters. The van der Waals surface area contributed by atoms with Crippen LogP contribution in [0.1, 0.15) is 27.7 Å². The van der Waals surface area contributed by atoms with E-state index in [2.05, 4.69) is 5.32 Å². The summed E-state index contributed by atoms with van der Waals surface area (Å²) in [4.78, 5) is 11.3. The molecule has 0 spiro atoms. The van der Waals surface area contributed by atoms with Crippen LogP contribution in [-0.4, -0.2) is 25.2 Å². The molecule has 0 saturated carbocycles. The van der Waals surface area contributed by atoms with Crippen LogP contribution in [0.15, 0.2) is 0 Å². The molecule has 0 rings (SSSR count). The summed E-state index contributed by atoms with van der Waals surface area (Å²) in [6.07, 6.45) is 0. The SMILES string of the molecule is CNC[C@@H](C)C(=O)OC(C)(C)C. The molecule has 0 aliphatic carbocycles. The predicted molar refractivity (Wildman–Crippen MR) is 48.9 cm³/mol. The first-order valence-corrected chi connectivity index (χ1v) is 4.24. The lowest BCUT2D eigenvalue weighted by molar-refractivity contribution is -0.159. The molecule has 0 aromatic rings. The average molecular weight is 173 g/mol. The maximum atomic E-state index is 11.3. The number of rotatable bonds is 3. The Kier molecular flexibility index (Phi) is 4.24. The number of carbonyl (C=O) groups is 1. The van der Waals surface area contributed by atoms with Gasteiger partial charge in [0.05, 0.1) is 5.92 Å². The van der Waals surface area contributed by atoms with Crippen LogP contribution in [0, 0.1) is 5.92 Å². The van der Waals surface area contributed by atoms with E-state index in [4.69, 9.17) is 4.74 Å². The minimum Gasteiger partial charge on any atom is -0.460 e. The smallest absolute Gasteiger partial charge is 0.310 e. The summed E-state index contributed by atoms with van der Waals surface area (Å²) < 4.78 is 5.17. The Morgan fingerprint density at radius 1 is 1.50 bits per heavy atom. The van der Waals surface area contributed by atoms with Crippen LogP contribution in [0.4, 0.5) is 0 Å². The zero-order chi connectivity index (χ0) is 9.78. The molecule has 0 saturated heterocycles. The number of esters is 1. The second kappa shape index (κ2) is 4.45.